The maximum absolute atomic E-state index is 11.5. The van der Waals surface area contributed by atoms with Crippen molar-refractivity contribution in [1.29, 1.82) is 0 Å². The van der Waals surface area contributed by atoms with E-state index in [4.69, 9.17) is 4.74 Å². The van der Waals surface area contributed by atoms with Crippen molar-refractivity contribution in [2.24, 2.45) is 0 Å². The van der Waals surface area contributed by atoms with Crippen LogP contribution in [0, 0.1) is 0 Å². The average molecular weight is 330 g/mol. The summed E-state index contributed by atoms with van der Waals surface area (Å²) in [5.41, 5.74) is 2.09. The molecule has 2 heterocycles. The van der Waals surface area contributed by atoms with Crippen LogP contribution in [0.5, 0.6) is 5.75 Å². The van der Waals surface area contributed by atoms with Crippen LogP contribution in [0.4, 0.5) is 0 Å². The van der Waals surface area contributed by atoms with Crippen molar-refractivity contribution >= 4 is 5.97 Å². The molecular weight excluding hydrogens is 308 g/mol. The highest BCUT2D eigenvalue weighted by Crippen LogP contribution is 2.24. The topological polar surface area (TPSA) is 80.5 Å². The van der Waals surface area contributed by atoms with Gasteiger partial charge in [-0.3, -0.25) is 9.69 Å². The van der Waals surface area contributed by atoms with E-state index in [0.717, 1.165) is 42.7 Å². The van der Waals surface area contributed by atoms with Crippen molar-refractivity contribution in [3.8, 4) is 5.75 Å². The van der Waals surface area contributed by atoms with Gasteiger partial charge < -0.3 is 9.84 Å². The quantitative estimate of drug-likeness (QED) is 0.869. The number of carboxylic acid groups (broad SMARTS) is 1. The number of carbonyl (C=O) groups is 1. The van der Waals surface area contributed by atoms with Crippen LogP contribution in [0.2, 0.25) is 0 Å². The number of aliphatic carboxylic acids is 1. The van der Waals surface area contributed by atoms with E-state index in [1.807, 2.05) is 17.0 Å². The molecule has 1 fully saturated rings. The molecule has 1 aromatic carbocycles. The third-order valence-electron chi connectivity index (χ3n) is 4.43. The summed E-state index contributed by atoms with van der Waals surface area (Å²) < 4.78 is 7.17. The molecule has 0 amide bonds. The lowest BCUT2D eigenvalue weighted by molar-refractivity contribution is -0.144. The van der Waals surface area contributed by atoms with Gasteiger partial charge in [0, 0.05) is 12.1 Å². The Morgan fingerprint density at radius 3 is 2.96 bits per heavy atom. The first kappa shape index (κ1) is 16.4. The molecule has 128 valence electrons. The summed E-state index contributed by atoms with van der Waals surface area (Å²) in [5, 5.41) is 13.5. The highest BCUT2D eigenvalue weighted by Gasteiger charge is 2.28. The molecule has 0 radical (unpaired) electrons. The number of aromatic nitrogens is 3. The Morgan fingerprint density at radius 2 is 2.25 bits per heavy atom. The van der Waals surface area contributed by atoms with Gasteiger partial charge in [-0.05, 0) is 37.1 Å². The first-order chi connectivity index (χ1) is 11.7. The smallest absolute Gasteiger partial charge is 0.320 e. The molecule has 1 saturated heterocycles. The van der Waals surface area contributed by atoms with Crippen molar-refractivity contribution < 1.29 is 14.6 Å². The number of piperidine rings is 1. The fraction of sp³-hybridized carbons (Fsp3) is 0.471. The zero-order valence-electron chi connectivity index (χ0n) is 13.8. The lowest BCUT2D eigenvalue weighted by atomic mass is 10.0. The van der Waals surface area contributed by atoms with Crippen molar-refractivity contribution in [3.05, 3.63) is 42.0 Å². The maximum atomic E-state index is 11.5. The number of hydrogen-bond acceptors (Lipinski definition) is 5. The molecule has 7 nitrogen and oxygen atoms in total. The number of carboxylic acids is 1. The fourth-order valence-corrected chi connectivity index (χ4v) is 3.24. The molecule has 1 N–H and O–H groups in total. The van der Waals surface area contributed by atoms with Crippen LogP contribution >= 0.6 is 0 Å². The number of methoxy groups -OCH3 is 1. The van der Waals surface area contributed by atoms with E-state index in [1.54, 1.807) is 18.1 Å². The molecular formula is C17H22N4O3. The molecule has 0 unspecified atom stereocenters. The normalized spacial score (nSPS) is 18.5. The molecule has 24 heavy (non-hydrogen) atoms. The molecule has 7 heteroatoms. The number of ether oxygens (including phenoxy) is 1. The zero-order valence-corrected chi connectivity index (χ0v) is 13.8. The van der Waals surface area contributed by atoms with Gasteiger partial charge in [-0.25, -0.2) is 9.67 Å². The lowest BCUT2D eigenvalue weighted by Gasteiger charge is -2.33. The van der Waals surface area contributed by atoms with Gasteiger partial charge in [0.05, 0.1) is 13.7 Å². The van der Waals surface area contributed by atoms with Gasteiger partial charge in [-0.1, -0.05) is 12.5 Å². The van der Waals surface area contributed by atoms with E-state index in [-0.39, 0.29) is 6.04 Å². The molecule has 0 aliphatic carbocycles. The Labute approximate surface area is 140 Å². The largest absolute Gasteiger partial charge is 0.496 e. The Hall–Kier alpha value is -2.41. The van der Waals surface area contributed by atoms with E-state index in [9.17, 15) is 9.90 Å². The van der Waals surface area contributed by atoms with Crippen LogP contribution in [-0.2, 0) is 17.9 Å². The van der Waals surface area contributed by atoms with Crippen LogP contribution < -0.4 is 4.74 Å². The zero-order chi connectivity index (χ0) is 16.9. The molecule has 0 saturated carbocycles. The van der Waals surface area contributed by atoms with Crippen LogP contribution in [0.25, 0.3) is 0 Å². The van der Waals surface area contributed by atoms with Crippen LogP contribution in [0.15, 0.2) is 30.9 Å². The summed E-state index contributed by atoms with van der Waals surface area (Å²) in [6, 6.07) is 5.60. The number of likely N-dealkylation sites (tertiary alicyclic amines) is 1. The van der Waals surface area contributed by atoms with E-state index in [0.29, 0.717) is 13.1 Å². The molecule has 1 atom stereocenters. The summed E-state index contributed by atoms with van der Waals surface area (Å²) in [5.74, 6) is 0.0636. The third-order valence-corrected chi connectivity index (χ3v) is 4.43. The Bertz CT molecular complexity index is 687. The van der Waals surface area contributed by atoms with E-state index >= 15 is 0 Å². The number of benzene rings is 1. The first-order valence-electron chi connectivity index (χ1n) is 8.12. The van der Waals surface area contributed by atoms with Gasteiger partial charge >= 0.3 is 5.97 Å². The van der Waals surface area contributed by atoms with E-state index < -0.39 is 5.97 Å². The van der Waals surface area contributed by atoms with Gasteiger partial charge in [0.2, 0.25) is 0 Å². The van der Waals surface area contributed by atoms with E-state index in [2.05, 4.69) is 16.1 Å². The lowest BCUT2D eigenvalue weighted by Crippen LogP contribution is -2.44. The Balaban J connectivity index is 1.79. The predicted molar refractivity (Wildman–Crippen MR) is 87.8 cm³/mol. The van der Waals surface area contributed by atoms with Crippen molar-refractivity contribution in [1.82, 2.24) is 19.7 Å². The molecule has 0 bridgehead atoms. The summed E-state index contributed by atoms with van der Waals surface area (Å²) in [4.78, 5) is 17.5. The molecule has 1 aliphatic rings. The van der Waals surface area contributed by atoms with Gasteiger partial charge in [-0.15, -0.1) is 0 Å². The second-order valence-electron chi connectivity index (χ2n) is 6.06. The highest BCUT2D eigenvalue weighted by atomic mass is 16.5. The summed E-state index contributed by atoms with van der Waals surface area (Å²) in [6.07, 6.45) is 5.91. The van der Waals surface area contributed by atoms with E-state index in [1.165, 1.54) is 6.33 Å². The first-order valence-corrected chi connectivity index (χ1v) is 8.12. The number of nitrogens with zero attached hydrogens (tertiary/aromatic N) is 4. The van der Waals surface area contributed by atoms with Crippen LogP contribution in [-0.4, -0.2) is 50.4 Å². The molecule has 1 aromatic heterocycles. The second kappa shape index (κ2) is 7.44. The van der Waals surface area contributed by atoms with Crippen molar-refractivity contribution in [2.75, 3.05) is 13.7 Å². The van der Waals surface area contributed by atoms with Gasteiger partial charge in [0.1, 0.15) is 24.4 Å². The van der Waals surface area contributed by atoms with Crippen LogP contribution in [0.1, 0.15) is 30.4 Å². The monoisotopic (exact) mass is 330 g/mol. The summed E-state index contributed by atoms with van der Waals surface area (Å²) >= 11 is 0. The molecule has 3 rings (SSSR count). The second-order valence-corrected chi connectivity index (χ2v) is 6.06. The fourth-order valence-electron chi connectivity index (χ4n) is 3.24. The molecule has 0 spiro atoms. The third kappa shape index (κ3) is 3.73. The van der Waals surface area contributed by atoms with Crippen LogP contribution in [0.3, 0.4) is 0 Å². The minimum absolute atomic E-state index is 0.389. The predicted octanol–water partition coefficient (Wildman–Crippen LogP) is 1.77. The number of rotatable bonds is 6. The summed E-state index contributed by atoms with van der Waals surface area (Å²) in [7, 11) is 1.64. The minimum Gasteiger partial charge on any atom is -0.496 e. The highest BCUT2D eigenvalue weighted by molar-refractivity contribution is 5.73. The van der Waals surface area contributed by atoms with Crippen molar-refractivity contribution in [3.63, 3.8) is 0 Å². The minimum atomic E-state index is -0.731. The van der Waals surface area contributed by atoms with Crippen molar-refractivity contribution in [2.45, 2.75) is 38.4 Å². The maximum Gasteiger partial charge on any atom is 0.320 e. The molecule has 1 aliphatic heterocycles. The average Bonchev–Trinajstić information content (AvgIpc) is 3.08. The number of hydrogen-bond donors (Lipinski definition) is 1. The SMILES string of the molecule is COc1ccc(CN2CCCC[C@H]2C(=O)O)cc1Cn1cncn1. The Morgan fingerprint density at radius 1 is 1.38 bits per heavy atom. The molecule has 2 aromatic rings. The Kier molecular flexibility index (Phi) is 5.10. The standard InChI is InChI=1S/C17H22N4O3/c1-24-16-6-5-13(8-14(16)10-21-12-18-11-19-21)9-20-7-3-2-4-15(20)17(22)23/h5-6,8,11-12,15H,2-4,7,9-10H2,1H3,(H,22,23)/t15-/m0/s1. The van der Waals surface area contributed by atoms with Gasteiger partial charge in [-0.2, -0.15) is 5.10 Å². The van der Waals surface area contributed by atoms with Gasteiger partial charge in [0.25, 0.3) is 0 Å². The summed E-state index contributed by atoms with van der Waals surface area (Å²) in [6.45, 7) is 2.02. The van der Waals surface area contributed by atoms with Gasteiger partial charge in [0.15, 0.2) is 0 Å².